The summed E-state index contributed by atoms with van der Waals surface area (Å²) < 4.78 is 0. The van der Waals surface area contributed by atoms with Crippen molar-refractivity contribution in [1.82, 2.24) is 20.3 Å². The molecule has 7 heteroatoms. The number of pyridine rings is 1. The fourth-order valence-electron chi connectivity index (χ4n) is 1.23. The minimum Gasteiger partial charge on any atom is -0.382 e. The minimum absolute atomic E-state index is 0.203. The van der Waals surface area contributed by atoms with Gasteiger partial charge in [0.2, 0.25) is 0 Å². The molecule has 0 aliphatic carbocycles. The summed E-state index contributed by atoms with van der Waals surface area (Å²) >= 11 is 5.77. The summed E-state index contributed by atoms with van der Waals surface area (Å²) in [5, 5.41) is 2.94. The normalized spacial score (nSPS) is 10.2. The van der Waals surface area contributed by atoms with Crippen LogP contribution in [-0.2, 0) is 6.54 Å². The number of nitrogens with zero attached hydrogens (tertiary/aromatic N) is 2. The van der Waals surface area contributed by atoms with E-state index in [2.05, 4.69) is 20.3 Å². The molecule has 0 radical (unpaired) electrons. The maximum atomic E-state index is 11.7. The molecule has 0 spiro atoms. The largest absolute Gasteiger partial charge is 0.382 e. The molecule has 2 aromatic rings. The topological polar surface area (TPSA) is 96.7 Å². The van der Waals surface area contributed by atoms with Gasteiger partial charge in [0.25, 0.3) is 5.91 Å². The smallest absolute Gasteiger partial charge is 0.253 e. The highest BCUT2D eigenvalue weighted by Gasteiger charge is 2.08. The lowest BCUT2D eigenvalue weighted by molar-refractivity contribution is 0.0949. The van der Waals surface area contributed by atoms with Crippen molar-refractivity contribution in [1.29, 1.82) is 0 Å². The predicted octanol–water partition coefficient (Wildman–Crippen LogP) is 0.970. The van der Waals surface area contributed by atoms with E-state index in [-0.39, 0.29) is 16.7 Å². The number of imidazole rings is 1. The SMILES string of the molecule is Nc1ncc(C(=O)NCc2ncc[nH]2)cc1Cl. The maximum absolute atomic E-state index is 11.7. The summed E-state index contributed by atoms with van der Waals surface area (Å²) in [6.45, 7) is 0.313. The molecule has 0 saturated heterocycles. The third-order valence-corrected chi connectivity index (χ3v) is 2.41. The van der Waals surface area contributed by atoms with E-state index in [1.807, 2.05) is 0 Å². The lowest BCUT2D eigenvalue weighted by Gasteiger charge is -2.04. The molecule has 0 atom stereocenters. The van der Waals surface area contributed by atoms with Crippen molar-refractivity contribution in [2.24, 2.45) is 0 Å². The minimum atomic E-state index is -0.282. The number of aromatic amines is 1. The highest BCUT2D eigenvalue weighted by molar-refractivity contribution is 6.33. The van der Waals surface area contributed by atoms with Crippen molar-refractivity contribution in [2.45, 2.75) is 6.54 Å². The number of nitrogens with two attached hydrogens (primary N) is 1. The molecule has 0 saturated carbocycles. The maximum Gasteiger partial charge on any atom is 0.253 e. The van der Waals surface area contributed by atoms with Gasteiger partial charge in [-0.15, -0.1) is 0 Å². The van der Waals surface area contributed by atoms with Gasteiger partial charge in [-0.1, -0.05) is 11.6 Å². The van der Waals surface area contributed by atoms with Crippen LogP contribution < -0.4 is 11.1 Å². The van der Waals surface area contributed by atoms with Gasteiger partial charge in [0.05, 0.1) is 17.1 Å². The van der Waals surface area contributed by atoms with E-state index in [4.69, 9.17) is 17.3 Å². The summed E-state index contributed by atoms with van der Waals surface area (Å²) in [4.78, 5) is 22.4. The third-order valence-electron chi connectivity index (χ3n) is 2.10. The summed E-state index contributed by atoms with van der Waals surface area (Å²) in [5.41, 5.74) is 5.81. The second-order valence-corrected chi connectivity index (χ2v) is 3.72. The van der Waals surface area contributed by atoms with Crippen LogP contribution in [0.4, 0.5) is 5.82 Å². The number of carbonyl (C=O) groups is 1. The van der Waals surface area contributed by atoms with Gasteiger partial charge in [0, 0.05) is 18.6 Å². The Morgan fingerprint density at radius 2 is 2.35 bits per heavy atom. The average Bonchev–Trinajstić information content (AvgIpc) is 2.82. The van der Waals surface area contributed by atoms with Crippen LogP contribution in [0.25, 0.3) is 0 Å². The molecule has 0 fully saturated rings. The number of aromatic nitrogens is 3. The Bertz CT molecular complexity index is 525. The van der Waals surface area contributed by atoms with Gasteiger partial charge in [0.15, 0.2) is 0 Å². The van der Waals surface area contributed by atoms with Crippen molar-refractivity contribution in [3.63, 3.8) is 0 Å². The highest BCUT2D eigenvalue weighted by Crippen LogP contribution is 2.16. The van der Waals surface area contributed by atoms with E-state index in [9.17, 15) is 4.79 Å². The molecule has 0 aliphatic heterocycles. The first kappa shape index (κ1) is 11.4. The Balaban J connectivity index is 2.02. The molecule has 0 aromatic carbocycles. The van der Waals surface area contributed by atoms with Crippen molar-refractivity contribution < 1.29 is 4.79 Å². The first-order chi connectivity index (χ1) is 8.16. The number of H-pyrrole nitrogens is 1. The number of carbonyl (C=O) groups excluding carboxylic acids is 1. The molecule has 2 aromatic heterocycles. The number of hydrogen-bond donors (Lipinski definition) is 3. The van der Waals surface area contributed by atoms with E-state index in [0.717, 1.165) is 0 Å². The molecule has 6 nitrogen and oxygen atoms in total. The lowest BCUT2D eigenvalue weighted by Crippen LogP contribution is -2.23. The number of nitrogens with one attached hydrogen (secondary N) is 2. The van der Waals surface area contributed by atoms with Crippen LogP contribution in [0.1, 0.15) is 16.2 Å². The van der Waals surface area contributed by atoms with Crippen LogP contribution in [0.15, 0.2) is 24.7 Å². The Morgan fingerprint density at radius 1 is 1.53 bits per heavy atom. The zero-order valence-corrected chi connectivity index (χ0v) is 9.53. The van der Waals surface area contributed by atoms with E-state index in [1.54, 1.807) is 12.4 Å². The van der Waals surface area contributed by atoms with E-state index in [1.165, 1.54) is 12.3 Å². The summed E-state index contributed by atoms with van der Waals surface area (Å²) in [7, 11) is 0. The van der Waals surface area contributed by atoms with E-state index < -0.39 is 0 Å². The molecule has 17 heavy (non-hydrogen) atoms. The van der Waals surface area contributed by atoms with E-state index >= 15 is 0 Å². The van der Waals surface area contributed by atoms with Crippen molar-refractivity contribution >= 4 is 23.3 Å². The molecule has 1 amide bonds. The molecule has 2 heterocycles. The Kier molecular flexibility index (Phi) is 3.24. The number of anilines is 1. The third kappa shape index (κ3) is 2.73. The number of nitrogen functional groups attached to an aromatic ring is 1. The summed E-state index contributed by atoms with van der Waals surface area (Å²) in [5.74, 6) is 0.595. The van der Waals surface area contributed by atoms with Gasteiger partial charge in [-0.2, -0.15) is 0 Å². The van der Waals surface area contributed by atoms with Crippen molar-refractivity contribution in [2.75, 3.05) is 5.73 Å². The number of halogens is 1. The number of hydrogen-bond acceptors (Lipinski definition) is 4. The Hall–Kier alpha value is -2.08. The first-order valence-electron chi connectivity index (χ1n) is 4.84. The van der Waals surface area contributed by atoms with E-state index in [0.29, 0.717) is 17.9 Å². The highest BCUT2D eigenvalue weighted by atomic mass is 35.5. The predicted molar refractivity (Wildman–Crippen MR) is 63.4 cm³/mol. The van der Waals surface area contributed by atoms with Gasteiger partial charge in [-0.3, -0.25) is 4.79 Å². The first-order valence-corrected chi connectivity index (χ1v) is 5.22. The van der Waals surface area contributed by atoms with Gasteiger partial charge in [0.1, 0.15) is 11.6 Å². The fraction of sp³-hybridized carbons (Fsp3) is 0.100. The molecular formula is C10H10ClN5O. The van der Waals surface area contributed by atoms with Gasteiger partial charge < -0.3 is 16.0 Å². The number of rotatable bonds is 3. The van der Waals surface area contributed by atoms with Crippen molar-refractivity contribution in [3.8, 4) is 0 Å². The lowest BCUT2D eigenvalue weighted by atomic mass is 10.2. The monoisotopic (exact) mass is 251 g/mol. The molecule has 0 bridgehead atoms. The zero-order chi connectivity index (χ0) is 12.3. The van der Waals surface area contributed by atoms with Gasteiger partial charge >= 0.3 is 0 Å². The second kappa shape index (κ2) is 4.84. The zero-order valence-electron chi connectivity index (χ0n) is 8.77. The molecule has 88 valence electrons. The average molecular weight is 252 g/mol. The van der Waals surface area contributed by atoms with Crippen LogP contribution in [0.2, 0.25) is 5.02 Å². The van der Waals surface area contributed by atoms with Crippen molar-refractivity contribution in [3.05, 3.63) is 41.1 Å². The summed E-state index contributed by atoms with van der Waals surface area (Å²) in [6, 6.07) is 1.47. The van der Waals surface area contributed by atoms with Crippen LogP contribution in [0.3, 0.4) is 0 Å². The molecule has 2 rings (SSSR count). The van der Waals surface area contributed by atoms with Crippen LogP contribution >= 0.6 is 11.6 Å². The molecule has 4 N–H and O–H groups in total. The standard InChI is InChI=1S/C10H10ClN5O/c11-7-3-6(4-15-9(7)12)10(17)16-5-8-13-1-2-14-8/h1-4H,5H2,(H2,12,15)(H,13,14)(H,16,17). The van der Waals surface area contributed by atoms with Crippen LogP contribution in [0, 0.1) is 0 Å². The number of amides is 1. The molecular weight excluding hydrogens is 242 g/mol. The second-order valence-electron chi connectivity index (χ2n) is 3.31. The Labute approximate surface area is 102 Å². The van der Waals surface area contributed by atoms with Crippen LogP contribution in [0.5, 0.6) is 0 Å². The summed E-state index contributed by atoms with van der Waals surface area (Å²) in [6.07, 6.45) is 4.67. The quantitative estimate of drug-likeness (QED) is 0.757. The Morgan fingerprint density at radius 3 is 3.00 bits per heavy atom. The fourth-order valence-corrected chi connectivity index (χ4v) is 1.40. The van der Waals surface area contributed by atoms with Gasteiger partial charge in [-0.25, -0.2) is 9.97 Å². The van der Waals surface area contributed by atoms with Crippen LogP contribution in [-0.4, -0.2) is 20.9 Å². The molecule has 0 unspecified atom stereocenters. The van der Waals surface area contributed by atoms with Gasteiger partial charge in [-0.05, 0) is 6.07 Å². The molecule has 0 aliphatic rings.